The third kappa shape index (κ3) is 4.15. The van der Waals surface area contributed by atoms with Crippen LogP contribution in [-0.4, -0.2) is 17.5 Å². The summed E-state index contributed by atoms with van der Waals surface area (Å²) in [5.41, 5.74) is 0.115. The molecule has 0 unspecified atom stereocenters. The SMILES string of the molecule is CN(Cc1ccc([S@](C)=O)cc1)c1cc(C#N)ccc1C(F)(F)F. The standard InChI is InChI=1S/C17H15F3N2OS/c1-22(11-12-3-6-14(7-4-12)24(2)23)16-9-13(10-21)5-8-15(16)17(18,19)20/h3-9H,11H2,1-2H3/t24-/m0/s1. The van der Waals surface area contributed by atoms with E-state index in [1.807, 2.05) is 6.07 Å². The van der Waals surface area contributed by atoms with Crippen LogP contribution in [0, 0.1) is 11.3 Å². The quantitative estimate of drug-likeness (QED) is 0.837. The number of rotatable bonds is 4. The lowest BCUT2D eigenvalue weighted by Crippen LogP contribution is -2.21. The monoisotopic (exact) mass is 352 g/mol. The van der Waals surface area contributed by atoms with Crippen molar-refractivity contribution in [1.29, 1.82) is 5.26 Å². The van der Waals surface area contributed by atoms with Gasteiger partial charge in [-0.3, -0.25) is 4.21 Å². The fourth-order valence-electron chi connectivity index (χ4n) is 2.30. The molecular formula is C17H15F3N2OS. The van der Waals surface area contributed by atoms with Crippen LogP contribution in [-0.2, 0) is 23.5 Å². The van der Waals surface area contributed by atoms with E-state index in [0.717, 1.165) is 17.7 Å². The lowest BCUT2D eigenvalue weighted by atomic mass is 10.1. The van der Waals surface area contributed by atoms with E-state index in [1.54, 1.807) is 30.5 Å². The minimum atomic E-state index is -4.50. The van der Waals surface area contributed by atoms with E-state index in [9.17, 15) is 17.4 Å². The largest absolute Gasteiger partial charge is 0.418 e. The third-order valence-electron chi connectivity index (χ3n) is 3.52. The van der Waals surface area contributed by atoms with Crippen molar-refractivity contribution in [2.75, 3.05) is 18.2 Å². The molecule has 0 N–H and O–H groups in total. The van der Waals surface area contributed by atoms with Gasteiger partial charge in [0.2, 0.25) is 0 Å². The van der Waals surface area contributed by atoms with Crippen LogP contribution in [0.5, 0.6) is 0 Å². The Morgan fingerprint density at radius 1 is 1.17 bits per heavy atom. The second-order valence-corrected chi connectivity index (χ2v) is 6.68. The number of nitriles is 1. The van der Waals surface area contributed by atoms with Crippen molar-refractivity contribution >= 4 is 16.5 Å². The fraction of sp³-hybridized carbons (Fsp3) is 0.235. The van der Waals surface area contributed by atoms with Gasteiger partial charge in [-0.15, -0.1) is 0 Å². The molecule has 0 radical (unpaired) electrons. The minimum absolute atomic E-state index is 0.0512. The maximum atomic E-state index is 13.2. The van der Waals surface area contributed by atoms with E-state index in [-0.39, 0.29) is 17.8 Å². The number of hydrogen-bond acceptors (Lipinski definition) is 3. The van der Waals surface area contributed by atoms with Crippen molar-refractivity contribution in [1.82, 2.24) is 0 Å². The smallest absolute Gasteiger partial charge is 0.370 e. The zero-order chi connectivity index (χ0) is 17.9. The molecule has 2 aromatic carbocycles. The highest BCUT2D eigenvalue weighted by atomic mass is 32.2. The molecule has 0 saturated carbocycles. The predicted octanol–water partition coefficient (Wildman–Crippen LogP) is 3.95. The Morgan fingerprint density at radius 3 is 2.29 bits per heavy atom. The summed E-state index contributed by atoms with van der Waals surface area (Å²) in [6.07, 6.45) is -2.94. The highest BCUT2D eigenvalue weighted by molar-refractivity contribution is 7.84. The average Bonchev–Trinajstić information content (AvgIpc) is 2.53. The maximum Gasteiger partial charge on any atom is 0.418 e. The highest BCUT2D eigenvalue weighted by Gasteiger charge is 2.34. The predicted molar refractivity (Wildman–Crippen MR) is 87.0 cm³/mol. The van der Waals surface area contributed by atoms with Crippen LogP contribution in [0.3, 0.4) is 0 Å². The Balaban J connectivity index is 2.33. The first-order chi connectivity index (χ1) is 11.2. The Kier molecular flexibility index (Phi) is 5.30. The summed E-state index contributed by atoms with van der Waals surface area (Å²) in [4.78, 5) is 2.10. The van der Waals surface area contributed by atoms with Gasteiger partial charge >= 0.3 is 6.18 Å². The number of hydrogen-bond donors (Lipinski definition) is 0. The molecule has 0 spiro atoms. The molecule has 0 aliphatic rings. The first-order valence-electron chi connectivity index (χ1n) is 6.97. The van der Waals surface area contributed by atoms with Crippen molar-refractivity contribution in [3.63, 3.8) is 0 Å². The van der Waals surface area contributed by atoms with Gasteiger partial charge in [-0.2, -0.15) is 18.4 Å². The molecule has 2 rings (SSSR count). The molecule has 1 atom stereocenters. The van der Waals surface area contributed by atoms with E-state index in [1.165, 1.54) is 18.0 Å². The summed E-state index contributed by atoms with van der Waals surface area (Å²) >= 11 is 0. The van der Waals surface area contributed by atoms with Crippen LogP contribution >= 0.6 is 0 Å². The maximum absolute atomic E-state index is 13.2. The molecule has 0 aromatic heterocycles. The van der Waals surface area contributed by atoms with E-state index >= 15 is 0 Å². The second-order valence-electron chi connectivity index (χ2n) is 5.30. The van der Waals surface area contributed by atoms with Gasteiger partial charge in [0.05, 0.1) is 22.9 Å². The van der Waals surface area contributed by atoms with Crippen LogP contribution in [0.25, 0.3) is 0 Å². The van der Waals surface area contributed by atoms with Gasteiger partial charge in [0.1, 0.15) is 0 Å². The van der Waals surface area contributed by atoms with Crippen molar-refractivity contribution in [3.8, 4) is 6.07 Å². The van der Waals surface area contributed by atoms with E-state index in [4.69, 9.17) is 5.26 Å². The molecule has 0 fully saturated rings. The lowest BCUT2D eigenvalue weighted by Gasteiger charge is -2.24. The zero-order valence-electron chi connectivity index (χ0n) is 13.1. The Labute approximate surface area is 140 Å². The third-order valence-corrected chi connectivity index (χ3v) is 4.45. The van der Waals surface area contributed by atoms with Crippen LogP contribution in [0.4, 0.5) is 18.9 Å². The van der Waals surface area contributed by atoms with Crippen molar-refractivity contribution in [3.05, 3.63) is 59.2 Å². The Hall–Kier alpha value is -2.33. The molecule has 0 aliphatic carbocycles. The van der Waals surface area contributed by atoms with Gasteiger partial charge in [-0.25, -0.2) is 0 Å². The van der Waals surface area contributed by atoms with E-state index in [2.05, 4.69) is 0 Å². The number of benzene rings is 2. The average molecular weight is 352 g/mol. The first-order valence-corrected chi connectivity index (χ1v) is 8.53. The van der Waals surface area contributed by atoms with Gasteiger partial charge in [-0.1, -0.05) is 12.1 Å². The fourth-order valence-corrected chi connectivity index (χ4v) is 2.82. The van der Waals surface area contributed by atoms with E-state index < -0.39 is 22.5 Å². The van der Waals surface area contributed by atoms with E-state index in [0.29, 0.717) is 4.90 Å². The van der Waals surface area contributed by atoms with Gasteiger partial charge in [0.25, 0.3) is 0 Å². The number of alkyl halides is 3. The molecule has 2 aromatic rings. The van der Waals surface area contributed by atoms with Crippen molar-refractivity contribution in [2.45, 2.75) is 17.6 Å². The normalized spacial score (nSPS) is 12.5. The molecule has 3 nitrogen and oxygen atoms in total. The zero-order valence-corrected chi connectivity index (χ0v) is 13.9. The molecule has 24 heavy (non-hydrogen) atoms. The molecule has 7 heteroatoms. The second kappa shape index (κ2) is 7.05. The van der Waals surface area contributed by atoms with Gasteiger partial charge in [0.15, 0.2) is 0 Å². The summed E-state index contributed by atoms with van der Waals surface area (Å²) < 4.78 is 50.9. The number of halogens is 3. The molecule has 126 valence electrons. The van der Waals surface area contributed by atoms with Gasteiger partial charge in [0, 0.05) is 35.5 Å². The first kappa shape index (κ1) is 18.0. The minimum Gasteiger partial charge on any atom is -0.370 e. The van der Waals surface area contributed by atoms with Gasteiger partial charge < -0.3 is 4.90 Å². The van der Waals surface area contributed by atoms with Gasteiger partial charge in [-0.05, 0) is 35.9 Å². The number of nitrogens with zero attached hydrogens (tertiary/aromatic N) is 2. The molecule has 0 aliphatic heterocycles. The molecule has 0 heterocycles. The highest BCUT2D eigenvalue weighted by Crippen LogP contribution is 2.37. The Morgan fingerprint density at radius 2 is 1.79 bits per heavy atom. The van der Waals surface area contributed by atoms with Crippen LogP contribution in [0.2, 0.25) is 0 Å². The summed E-state index contributed by atoms with van der Waals surface area (Å²) in [5, 5.41) is 8.93. The molecular weight excluding hydrogens is 337 g/mol. The Bertz CT molecular complexity index is 795. The summed E-state index contributed by atoms with van der Waals surface area (Å²) in [6.45, 7) is 0.231. The molecule has 0 bridgehead atoms. The van der Waals surface area contributed by atoms with Crippen LogP contribution < -0.4 is 4.90 Å². The lowest BCUT2D eigenvalue weighted by molar-refractivity contribution is -0.137. The summed E-state index contributed by atoms with van der Waals surface area (Å²) in [6, 6.07) is 12.0. The molecule has 0 saturated heterocycles. The van der Waals surface area contributed by atoms with Crippen LogP contribution in [0.15, 0.2) is 47.4 Å². The summed E-state index contributed by atoms with van der Waals surface area (Å²) in [7, 11) is 0.435. The summed E-state index contributed by atoms with van der Waals surface area (Å²) in [5.74, 6) is 0. The number of anilines is 1. The van der Waals surface area contributed by atoms with Crippen LogP contribution in [0.1, 0.15) is 16.7 Å². The van der Waals surface area contributed by atoms with Crippen molar-refractivity contribution in [2.24, 2.45) is 0 Å². The van der Waals surface area contributed by atoms with Crippen molar-refractivity contribution < 1.29 is 17.4 Å². The molecule has 0 amide bonds. The topological polar surface area (TPSA) is 44.1 Å².